The molecule has 2 aromatic heterocycles. The summed E-state index contributed by atoms with van der Waals surface area (Å²) in [6.07, 6.45) is 0. The standard InChI is InChI=1S/C15H14N4OS2/c1-9-3-2-4-13(17-9)19-14(20)8-21-15-18-11-6-5-10(16)7-12(11)22-15/h2-7H,8,16H2,1H3,(H,17,19,20). The quantitative estimate of drug-likeness (QED) is 0.566. The molecule has 0 saturated carbocycles. The molecule has 0 atom stereocenters. The van der Waals surface area contributed by atoms with E-state index in [4.69, 9.17) is 5.73 Å². The third-order valence-electron chi connectivity index (χ3n) is 2.88. The number of thioether (sulfide) groups is 1. The monoisotopic (exact) mass is 330 g/mol. The van der Waals surface area contributed by atoms with E-state index in [9.17, 15) is 4.79 Å². The van der Waals surface area contributed by atoms with Crippen molar-refractivity contribution in [1.29, 1.82) is 0 Å². The number of nitrogens with zero attached hydrogens (tertiary/aromatic N) is 2. The second kappa shape index (κ2) is 6.33. The Balaban J connectivity index is 1.62. The van der Waals surface area contributed by atoms with Crippen molar-refractivity contribution in [2.45, 2.75) is 11.3 Å². The van der Waals surface area contributed by atoms with Gasteiger partial charge in [-0.05, 0) is 37.3 Å². The lowest BCUT2D eigenvalue weighted by atomic mass is 10.3. The number of benzene rings is 1. The Morgan fingerprint density at radius 3 is 3.00 bits per heavy atom. The Labute approximate surface area is 136 Å². The lowest BCUT2D eigenvalue weighted by Gasteiger charge is -2.03. The first-order chi connectivity index (χ1) is 10.6. The molecule has 0 bridgehead atoms. The number of amides is 1. The summed E-state index contributed by atoms with van der Waals surface area (Å²) in [5.41, 5.74) is 8.25. The van der Waals surface area contributed by atoms with Gasteiger partial charge >= 0.3 is 0 Å². The van der Waals surface area contributed by atoms with Crippen LogP contribution in [0.3, 0.4) is 0 Å². The molecule has 22 heavy (non-hydrogen) atoms. The smallest absolute Gasteiger partial charge is 0.235 e. The van der Waals surface area contributed by atoms with Gasteiger partial charge in [0.15, 0.2) is 4.34 Å². The molecule has 2 heterocycles. The van der Waals surface area contributed by atoms with Crippen molar-refractivity contribution in [2.24, 2.45) is 0 Å². The largest absolute Gasteiger partial charge is 0.399 e. The van der Waals surface area contributed by atoms with Crippen LogP contribution in [0.15, 0.2) is 40.7 Å². The number of nitrogens with two attached hydrogens (primary N) is 1. The molecule has 0 aliphatic carbocycles. The first-order valence-electron chi connectivity index (χ1n) is 6.62. The second-order valence-electron chi connectivity index (χ2n) is 4.71. The van der Waals surface area contributed by atoms with E-state index in [1.54, 1.807) is 6.07 Å². The van der Waals surface area contributed by atoms with Gasteiger partial charge in [-0.2, -0.15) is 0 Å². The highest BCUT2D eigenvalue weighted by atomic mass is 32.2. The number of aryl methyl sites for hydroxylation is 1. The van der Waals surface area contributed by atoms with Gasteiger partial charge in [0.1, 0.15) is 5.82 Å². The van der Waals surface area contributed by atoms with Crippen molar-refractivity contribution in [2.75, 3.05) is 16.8 Å². The number of aromatic nitrogens is 2. The van der Waals surface area contributed by atoms with Gasteiger partial charge in [-0.1, -0.05) is 17.8 Å². The highest BCUT2D eigenvalue weighted by molar-refractivity contribution is 8.01. The molecule has 3 aromatic rings. The number of anilines is 2. The SMILES string of the molecule is Cc1cccc(NC(=O)CSc2nc3ccc(N)cc3s2)n1. The first kappa shape index (κ1) is 14.8. The van der Waals surface area contributed by atoms with Gasteiger partial charge in [-0.25, -0.2) is 9.97 Å². The van der Waals surface area contributed by atoms with Crippen LogP contribution in [0.4, 0.5) is 11.5 Å². The Bertz CT molecular complexity index is 831. The van der Waals surface area contributed by atoms with Crippen LogP contribution in [0.1, 0.15) is 5.69 Å². The Morgan fingerprint density at radius 2 is 2.18 bits per heavy atom. The fourth-order valence-corrected chi connectivity index (χ4v) is 3.82. The normalized spacial score (nSPS) is 10.8. The fraction of sp³-hybridized carbons (Fsp3) is 0.133. The summed E-state index contributed by atoms with van der Waals surface area (Å²) in [6.45, 7) is 1.89. The summed E-state index contributed by atoms with van der Waals surface area (Å²) in [7, 11) is 0. The van der Waals surface area contributed by atoms with Crippen molar-refractivity contribution in [3.8, 4) is 0 Å². The molecule has 1 amide bonds. The molecule has 0 radical (unpaired) electrons. The lowest BCUT2D eigenvalue weighted by Crippen LogP contribution is -2.15. The molecule has 5 nitrogen and oxygen atoms in total. The average Bonchev–Trinajstić information content (AvgIpc) is 2.87. The molecule has 3 rings (SSSR count). The molecule has 0 saturated heterocycles. The highest BCUT2D eigenvalue weighted by Crippen LogP contribution is 2.30. The van der Waals surface area contributed by atoms with Gasteiger partial charge in [0.05, 0.1) is 16.0 Å². The van der Waals surface area contributed by atoms with Gasteiger partial charge in [0.25, 0.3) is 0 Å². The predicted molar refractivity (Wildman–Crippen MR) is 92.4 cm³/mol. The van der Waals surface area contributed by atoms with Crippen LogP contribution >= 0.6 is 23.1 Å². The van der Waals surface area contributed by atoms with E-state index < -0.39 is 0 Å². The summed E-state index contributed by atoms with van der Waals surface area (Å²) >= 11 is 2.95. The molecule has 3 N–H and O–H groups in total. The molecular formula is C15H14N4OS2. The minimum atomic E-state index is -0.0955. The summed E-state index contributed by atoms with van der Waals surface area (Å²) < 4.78 is 1.89. The van der Waals surface area contributed by atoms with Gasteiger partial charge in [0.2, 0.25) is 5.91 Å². The van der Waals surface area contributed by atoms with Crippen LogP contribution in [-0.4, -0.2) is 21.6 Å². The number of nitrogens with one attached hydrogen (secondary N) is 1. The number of nitrogen functional groups attached to an aromatic ring is 1. The van der Waals surface area contributed by atoms with Crippen molar-refractivity contribution >= 4 is 50.7 Å². The number of carbonyl (C=O) groups excluding carboxylic acids is 1. The van der Waals surface area contributed by atoms with E-state index in [-0.39, 0.29) is 5.91 Å². The summed E-state index contributed by atoms with van der Waals surface area (Å²) in [6, 6.07) is 11.1. The molecule has 0 aliphatic heterocycles. The van der Waals surface area contributed by atoms with E-state index in [1.165, 1.54) is 23.1 Å². The molecule has 112 valence electrons. The number of carbonyl (C=O) groups is 1. The Kier molecular flexibility index (Phi) is 4.26. The maximum Gasteiger partial charge on any atom is 0.235 e. The van der Waals surface area contributed by atoms with Gasteiger partial charge in [-0.3, -0.25) is 4.79 Å². The number of thiazole rings is 1. The summed E-state index contributed by atoms with van der Waals surface area (Å²) in [5, 5.41) is 2.78. The number of pyridine rings is 1. The number of hydrogen-bond donors (Lipinski definition) is 2. The van der Waals surface area contributed by atoms with E-state index in [2.05, 4.69) is 15.3 Å². The minimum absolute atomic E-state index is 0.0955. The number of hydrogen-bond acceptors (Lipinski definition) is 6. The van der Waals surface area contributed by atoms with Crippen LogP contribution in [0.2, 0.25) is 0 Å². The maximum atomic E-state index is 12.0. The van der Waals surface area contributed by atoms with Crippen LogP contribution in [-0.2, 0) is 4.79 Å². The zero-order valence-electron chi connectivity index (χ0n) is 11.9. The first-order valence-corrected chi connectivity index (χ1v) is 8.43. The highest BCUT2D eigenvalue weighted by Gasteiger charge is 2.09. The second-order valence-corrected chi connectivity index (χ2v) is 6.96. The van der Waals surface area contributed by atoms with Crippen LogP contribution in [0.5, 0.6) is 0 Å². The zero-order valence-corrected chi connectivity index (χ0v) is 13.5. The van der Waals surface area contributed by atoms with Gasteiger partial charge < -0.3 is 11.1 Å². The van der Waals surface area contributed by atoms with Crippen molar-refractivity contribution < 1.29 is 4.79 Å². The van der Waals surface area contributed by atoms with Gasteiger partial charge in [-0.15, -0.1) is 11.3 Å². The Morgan fingerprint density at radius 1 is 1.32 bits per heavy atom. The van der Waals surface area contributed by atoms with Crippen LogP contribution in [0, 0.1) is 6.92 Å². The molecule has 0 fully saturated rings. The average molecular weight is 330 g/mol. The predicted octanol–water partition coefficient (Wildman–Crippen LogP) is 3.31. The topological polar surface area (TPSA) is 80.9 Å². The molecule has 0 unspecified atom stereocenters. The van der Waals surface area contributed by atoms with E-state index >= 15 is 0 Å². The molecular weight excluding hydrogens is 316 g/mol. The maximum absolute atomic E-state index is 12.0. The fourth-order valence-electron chi connectivity index (χ4n) is 1.90. The van der Waals surface area contributed by atoms with Crippen LogP contribution < -0.4 is 11.1 Å². The summed E-state index contributed by atoms with van der Waals surface area (Å²) in [4.78, 5) is 20.7. The van der Waals surface area contributed by atoms with E-state index in [0.717, 1.165) is 25.9 Å². The molecule has 1 aromatic carbocycles. The zero-order chi connectivity index (χ0) is 15.5. The minimum Gasteiger partial charge on any atom is -0.399 e. The molecule has 0 spiro atoms. The molecule has 7 heteroatoms. The third-order valence-corrected chi connectivity index (χ3v) is 5.04. The van der Waals surface area contributed by atoms with E-state index in [0.29, 0.717) is 11.6 Å². The molecule has 0 aliphatic rings. The summed E-state index contributed by atoms with van der Waals surface area (Å²) in [5.74, 6) is 0.773. The van der Waals surface area contributed by atoms with Crippen molar-refractivity contribution in [3.05, 3.63) is 42.1 Å². The third kappa shape index (κ3) is 3.55. The van der Waals surface area contributed by atoms with Gasteiger partial charge in [0, 0.05) is 11.4 Å². The lowest BCUT2D eigenvalue weighted by molar-refractivity contribution is -0.113. The van der Waals surface area contributed by atoms with Crippen molar-refractivity contribution in [3.63, 3.8) is 0 Å². The number of rotatable bonds is 4. The number of fused-ring (bicyclic) bond motifs is 1. The Hall–Kier alpha value is -2.12. The van der Waals surface area contributed by atoms with E-state index in [1.807, 2.05) is 37.3 Å². The van der Waals surface area contributed by atoms with Crippen LogP contribution in [0.25, 0.3) is 10.2 Å². The van der Waals surface area contributed by atoms with Crippen molar-refractivity contribution in [1.82, 2.24) is 9.97 Å².